The van der Waals surface area contributed by atoms with Crippen LogP contribution in [-0.2, 0) is 9.53 Å². The largest absolute Gasteiger partial charge is 0.449 e. The van der Waals surface area contributed by atoms with Crippen LogP contribution >= 0.6 is 0 Å². The summed E-state index contributed by atoms with van der Waals surface area (Å²) in [5.74, 6) is -0.561. The third-order valence-electron chi connectivity index (χ3n) is 5.11. The van der Waals surface area contributed by atoms with Gasteiger partial charge in [0.2, 0.25) is 5.76 Å². The van der Waals surface area contributed by atoms with Gasteiger partial charge in [-0.15, -0.1) is 0 Å². The molecular formula is C20H25NO4. The Morgan fingerprint density at radius 3 is 2.48 bits per heavy atom. The van der Waals surface area contributed by atoms with Gasteiger partial charge in [-0.3, -0.25) is 4.79 Å². The topological polar surface area (TPSA) is 59.8 Å². The lowest BCUT2D eigenvalue weighted by Gasteiger charge is -2.40. The maximum absolute atomic E-state index is 12.8. The summed E-state index contributed by atoms with van der Waals surface area (Å²) >= 11 is 0. The second-order valence-electron chi connectivity index (χ2n) is 6.97. The molecule has 0 N–H and O–H groups in total. The number of esters is 1. The second-order valence-corrected chi connectivity index (χ2v) is 6.97. The number of carbonyl (C=O) groups is 2. The van der Waals surface area contributed by atoms with Crippen LogP contribution < -0.4 is 0 Å². The number of benzene rings is 1. The minimum absolute atomic E-state index is 0.137. The highest BCUT2D eigenvalue weighted by molar-refractivity contribution is 5.97. The number of aryl methyl sites for hydroxylation is 1. The Hall–Kier alpha value is -2.30. The number of furan rings is 1. The van der Waals surface area contributed by atoms with Gasteiger partial charge in [-0.05, 0) is 53.0 Å². The van der Waals surface area contributed by atoms with Gasteiger partial charge in [-0.25, -0.2) is 4.79 Å². The lowest BCUT2D eigenvalue weighted by molar-refractivity contribution is -0.146. The highest BCUT2D eigenvalue weighted by atomic mass is 16.6. The first-order chi connectivity index (χ1) is 11.9. The summed E-state index contributed by atoms with van der Waals surface area (Å²) in [5.41, 5.74) is 1.38. The van der Waals surface area contributed by atoms with Gasteiger partial charge in [0.15, 0.2) is 6.10 Å². The van der Waals surface area contributed by atoms with Crippen molar-refractivity contribution in [3.05, 3.63) is 35.6 Å². The number of ether oxygens (including phenoxy) is 1. The average Bonchev–Trinajstić information content (AvgIpc) is 2.92. The fourth-order valence-electron chi connectivity index (χ4n) is 3.70. The average molecular weight is 343 g/mol. The van der Waals surface area contributed by atoms with Crippen molar-refractivity contribution in [1.29, 1.82) is 0 Å². The molecule has 3 atom stereocenters. The number of rotatable bonds is 3. The number of para-hydroxylation sites is 1. The van der Waals surface area contributed by atoms with Crippen LogP contribution in [0.3, 0.4) is 0 Å². The van der Waals surface area contributed by atoms with Gasteiger partial charge in [0.05, 0.1) is 0 Å². The Bertz CT molecular complexity index is 784. The van der Waals surface area contributed by atoms with Crippen molar-refractivity contribution >= 4 is 22.8 Å². The quantitative estimate of drug-likeness (QED) is 0.788. The molecule has 5 nitrogen and oxygen atoms in total. The molecule has 2 aromatic rings. The highest BCUT2D eigenvalue weighted by Crippen LogP contribution is 2.27. The first kappa shape index (κ1) is 17.5. The number of fused-ring (bicyclic) bond motifs is 1. The van der Waals surface area contributed by atoms with Crippen molar-refractivity contribution in [3.63, 3.8) is 0 Å². The molecule has 3 rings (SSSR count). The van der Waals surface area contributed by atoms with E-state index >= 15 is 0 Å². The standard InChI is InChI=1S/C20H25NO4/c1-12-8-7-9-13(2)21(12)19(22)15(4)24-20(23)18-14(3)16-10-5-6-11-17(16)25-18/h5-6,10-13,15H,7-9H2,1-4H3/t12-,13+,15-/m0/s1. The molecule has 5 heteroatoms. The number of nitrogens with zero attached hydrogens (tertiary/aromatic N) is 1. The van der Waals surface area contributed by atoms with E-state index in [0.29, 0.717) is 5.58 Å². The molecule has 1 aromatic heterocycles. The smallest absolute Gasteiger partial charge is 0.375 e. The summed E-state index contributed by atoms with van der Waals surface area (Å²) in [4.78, 5) is 27.1. The SMILES string of the molecule is Cc1c(C(=O)O[C@@H](C)C(=O)N2[C@H](C)CCC[C@@H]2C)oc2ccccc12. The molecule has 0 bridgehead atoms. The number of piperidine rings is 1. The number of carbonyl (C=O) groups excluding carboxylic acids is 2. The molecule has 0 spiro atoms. The first-order valence-corrected chi connectivity index (χ1v) is 8.91. The van der Waals surface area contributed by atoms with E-state index in [-0.39, 0.29) is 23.8 Å². The maximum Gasteiger partial charge on any atom is 0.375 e. The van der Waals surface area contributed by atoms with E-state index < -0.39 is 12.1 Å². The Balaban J connectivity index is 1.75. The lowest BCUT2D eigenvalue weighted by atomic mass is 9.97. The lowest BCUT2D eigenvalue weighted by Crippen LogP contribution is -2.51. The van der Waals surface area contributed by atoms with E-state index in [1.54, 1.807) is 6.92 Å². The third kappa shape index (κ3) is 3.28. The summed E-state index contributed by atoms with van der Waals surface area (Å²) in [7, 11) is 0. The molecule has 0 unspecified atom stereocenters. The van der Waals surface area contributed by atoms with Crippen LogP contribution in [0.25, 0.3) is 11.0 Å². The van der Waals surface area contributed by atoms with Gasteiger partial charge >= 0.3 is 5.97 Å². The van der Waals surface area contributed by atoms with Crippen LogP contribution in [0.5, 0.6) is 0 Å². The van der Waals surface area contributed by atoms with Crippen molar-refractivity contribution in [2.24, 2.45) is 0 Å². The Morgan fingerprint density at radius 2 is 1.84 bits per heavy atom. The summed E-state index contributed by atoms with van der Waals surface area (Å²) < 4.78 is 11.1. The number of hydrogen-bond acceptors (Lipinski definition) is 4. The fourth-order valence-corrected chi connectivity index (χ4v) is 3.70. The van der Waals surface area contributed by atoms with Crippen LogP contribution in [0, 0.1) is 6.92 Å². The Labute approximate surface area is 147 Å². The minimum atomic E-state index is -0.830. The van der Waals surface area contributed by atoms with Crippen LogP contribution in [0.15, 0.2) is 28.7 Å². The van der Waals surface area contributed by atoms with Gasteiger partial charge in [0.1, 0.15) is 5.58 Å². The van der Waals surface area contributed by atoms with Crippen molar-refractivity contribution in [2.45, 2.75) is 65.1 Å². The zero-order valence-electron chi connectivity index (χ0n) is 15.2. The van der Waals surface area contributed by atoms with Crippen molar-refractivity contribution in [3.8, 4) is 0 Å². The molecule has 1 aliphatic rings. The fraction of sp³-hybridized carbons (Fsp3) is 0.500. The predicted octanol–water partition coefficient (Wildman–Crippen LogP) is 4.08. The summed E-state index contributed by atoms with van der Waals surface area (Å²) in [6.07, 6.45) is 2.26. The van der Waals surface area contributed by atoms with Gasteiger partial charge in [0, 0.05) is 23.0 Å². The van der Waals surface area contributed by atoms with E-state index in [4.69, 9.17) is 9.15 Å². The molecule has 2 heterocycles. The summed E-state index contributed by atoms with van der Waals surface area (Å²) in [6.45, 7) is 7.55. The summed E-state index contributed by atoms with van der Waals surface area (Å²) in [6, 6.07) is 7.80. The minimum Gasteiger partial charge on any atom is -0.449 e. The number of amides is 1. The molecule has 1 saturated heterocycles. The van der Waals surface area contributed by atoms with Crippen LogP contribution in [0.4, 0.5) is 0 Å². The highest BCUT2D eigenvalue weighted by Gasteiger charge is 2.34. The Kier molecular flexibility index (Phi) is 4.84. The van der Waals surface area contributed by atoms with Crippen molar-refractivity contribution in [2.75, 3.05) is 0 Å². The number of hydrogen-bond donors (Lipinski definition) is 0. The summed E-state index contributed by atoms with van der Waals surface area (Å²) in [5, 5.41) is 0.881. The molecule has 0 saturated carbocycles. The van der Waals surface area contributed by atoms with E-state index in [1.807, 2.05) is 49.9 Å². The molecule has 25 heavy (non-hydrogen) atoms. The van der Waals surface area contributed by atoms with Crippen LogP contribution in [0.1, 0.15) is 56.2 Å². The van der Waals surface area contributed by atoms with Crippen LogP contribution in [0.2, 0.25) is 0 Å². The molecule has 1 aromatic carbocycles. The van der Waals surface area contributed by atoms with E-state index in [9.17, 15) is 9.59 Å². The van der Waals surface area contributed by atoms with Gasteiger partial charge in [0.25, 0.3) is 5.91 Å². The molecule has 1 fully saturated rings. The predicted molar refractivity (Wildman–Crippen MR) is 95.4 cm³/mol. The van der Waals surface area contributed by atoms with Gasteiger partial charge < -0.3 is 14.1 Å². The van der Waals surface area contributed by atoms with E-state index in [1.165, 1.54) is 0 Å². The van der Waals surface area contributed by atoms with E-state index in [0.717, 1.165) is 30.2 Å². The van der Waals surface area contributed by atoms with Crippen molar-refractivity contribution < 1.29 is 18.7 Å². The monoisotopic (exact) mass is 343 g/mol. The molecular weight excluding hydrogens is 318 g/mol. The zero-order chi connectivity index (χ0) is 18.1. The zero-order valence-corrected chi connectivity index (χ0v) is 15.2. The van der Waals surface area contributed by atoms with Crippen LogP contribution in [-0.4, -0.2) is 35.0 Å². The molecule has 0 aliphatic carbocycles. The second kappa shape index (κ2) is 6.90. The molecule has 1 amide bonds. The number of likely N-dealkylation sites (tertiary alicyclic amines) is 1. The molecule has 0 radical (unpaired) electrons. The molecule has 134 valence electrons. The first-order valence-electron chi connectivity index (χ1n) is 8.91. The van der Waals surface area contributed by atoms with Gasteiger partial charge in [-0.1, -0.05) is 18.2 Å². The third-order valence-corrected chi connectivity index (χ3v) is 5.11. The van der Waals surface area contributed by atoms with Crippen molar-refractivity contribution in [1.82, 2.24) is 4.90 Å². The maximum atomic E-state index is 12.8. The van der Waals surface area contributed by atoms with E-state index in [2.05, 4.69) is 0 Å². The Morgan fingerprint density at radius 1 is 1.20 bits per heavy atom. The van der Waals surface area contributed by atoms with Gasteiger partial charge in [-0.2, -0.15) is 0 Å². The molecule has 1 aliphatic heterocycles. The normalized spacial score (nSPS) is 22.0.